The van der Waals surface area contributed by atoms with E-state index in [-0.39, 0.29) is 43.6 Å². The fraction of sp³-hybridized carbons (Fsp3) is 0.484. The number of nitrogens with one attached hydrogen (secondary N) is 1. The lowest BCUT2D eigenvalue weighted by Crippen LogP contribution is -2.44. The first-order valence-corrected chi connectivity index (χ1v) is 15.8. The van der Waals surface area contributed by atoms with Crippen molar-refractivity contribution in [2.45, 2.75) is 50.1 Å². The molecule has 0 saturated carbocycles. The first-order chi connectivity index (χ1) is 22.0. The zero-order valence-corrected chi connectivity index (χ0v) is 25.7. The second-order valence-electron chi connectivity index (χ2n) is 11.6. The third-order valence-corrected chi connectivity index (χ3v) is 9.81. The average Bonchev–Trinajstić information content (AvgIpc) is 3.62. The summed E-state index contributed by atoms with van der Waals surface area (Å²) in [7, 11) is 1.30. The summed E-state index contributed by atoms with van der Waals surface area (Å²) in [5.41, 5.74) is 3.22. The first-order valence-electron chi connectivity index (χ1n) is 15.0. The Morgan fingerprint density at radius 3 is 2.70 bits per heavy atom. The van der Waals surface area contributed by atoms with Crippen LogP contribution in [0.2, 0.25) is 0 Å². The van der Waals surface area contributed by atoms with Gasteiger partial charge in [0.25, 0.3) is 6.02 Å². The second-order valence-corrected chi connectivity index (χ2v) is 12.6. The standard InChI is InChI=1S/C24H20F5N5O2S.C7H12FN/c1-35-23-32-19-12(22(33-23)34-5-2-7-36-8-6-34)9-14(24(27,28)29)17(18(19)26)11-3-4-15(25)20-16(11)13(10-30)21(31)37-20;8-6-4-7-2-1-3-9(7)5-6/h3-4,9,19H,2,5-8,31H2,1H3,(H,32,33);6-7H,1-5H2. The lowest BCUT2D eigenvalue weighted by Gasteiger charge is -2.35. The summed E-state index contributed by atoms with van der Waals surface area (Å²) < 4.78 is 97.5. The Morgan fingerprint density at radius 1 is 1.17 bits per heavy atom. The Balaban J connectivity index is 0.000000352. The Hall–Kier alpha value is -3.74. The number of halogens is 6. The van der Waals surface area contributed by atoms with Crippen molar-refractivity contribution < 1.29 is 35.8 Å². The maximum absolute atomic E-state index is 16.3. The van der Waals surface area contributed by atoms with Gasteiger partial charge in [-0.1, -0.05) is 6.07 Å². The van der Waals surface area contributed by atoms with Gasteiger partial charge in [0.1, 0.15) is 40.7 Å². The van der Waals surface area contributed by atoms with Crippen molar-refractivity contribution in [3.8, 4) is 6.07 Å². The number of ether oxygens (including phenoxy) is 2. The Labute approximate surface area is 265 Å². The van der Waals surface area contributed by atoms with E-state index in [1.807, 2.05) is 6.07 Å². The molecule has 46 heavy (non-hydrogen) atoms. The fourth-order valence-corrected chi connectivity index (χ4v) is 7.67. The number of nitrogens with zero attached hydrogens (tertiary/aromatic N) is 4. The third kappa shape index (κ3) is 5.93. The minimum absolute atomic E-state index is 0.0278. The Bertz CT molecular complexity index is 1670. The van der Waals surface area contributed by atoms with Crippen LogP contribution in [0.5, 0.6) is 0 Å². The van der Waals surface area contributed by atoms with E-state index >= 15 is 4.39 Å². The number of hydrogen-bond acceptors (Lipinski definition) is 9. The number of amidine groups is 1. The number of thiophene rings is 1. The maximum Gasteiger partial charge on any atom is 0.417 e. The summed E-state index contributed by atoms with van der Waals surface area (Å²) in [5, 5.41) is 12.2. The molecule has 1 aliphatic carbocycles. The molecular formula is C31H32F6N6O2S. The van der Waals surface area contributed by atoms with E-state index in [2.05, 4.69) is 15.2 Å². The summed E-state index contributed by atoms with van der Waals surface area (Å²) in [6, 6.07) is 2.85. The smallest absolute Gasteiger partial charge is 0.417 e. The van der Waals surface area contributed by atoms with Gasteiger partial charge >= 0.3 is 6.18 Å². The van der Waals surface area contributed by atoms with Gasteiger partial charge in [-0.15, -0.1) is 11.3 Å². The lowest BCUT2D eigenvalue weighted by molar-refractivity contribution is -0.0874. The van der Waals surface area contributed by atoms with E-state index in [0.717, 1.165) is 31.2 Å². The Morgan fingerprint density at radius 2 is 1.98 bits per heavy atom. The summed E-state index contributed by atoms with van der Waals surface area (Å²) in [5.74, 6) is -1.75. The zero-order chi connectivity index (χ0) is 32.7. The number of nitrogen functional groups attached to an aromatic ring is 1. The monoisotopic (exact) mass is 666 g/mol. The van der Waals surface area contributed by atoms with E-state index in [9.17, 15) is 27.2 Å². The van der Waals surface area contributed by atoms with Gasteiger partial charge in [0.2, 0.25) is 0 Å². The lowest BCUT2D eigenvalue weighted by atomic mass is 9.83. The number of hydrogen-bond donors (Lipinski definition) is 2. The van der Waals surface area contributed by atoms with Crippen LogP contribution in [0.1, 0.15) is 36.8 Å². The molecule has 1 aromatic heterocycles. The van der Waals surface area contributed by atoms with Crippen molar-refractivity contribution in [3.05, 3.63) is 57.9 Å². The average molecular weight is 667 g/mol. The molecule has 1 aromatic carbocycles. The summed E-state index contributed by atoms with van der Waals surface area (Å²) in [6.07, 6.45) is -0.707. The number of nitrogens with two attached hydrogens (primary N) is 1. The highest BCUT2D eigenvalue weighted by Gasteiger charge is 2.46. The molecule has 0 bridgehead atoms. The van der Waals surface area contributed by atoms with Crippen LogP contribution in [0.15, 0.2) is 46.0 Å². The third-order valence-electron chi connectivity index (χ3n) is 8.78. The van der Waals surface area contributed by atoms with Crippen LogP contribution < -0.4 is 11.1 Å². The molecular weight excluding hydrogens is 634 g/mol. The summed E-state index contributed by atoms with van der Waals surface area (Å²) in [4.78, 5) is 8.23. The van der Waals surface area contributed by atoms with Gasteiger partial charge in [-0.3, -0.25) is 10.2 Å². The number of rotatable bonds is 2. The first kappa shape index (κ1) is 32.2. The number of aliphatic imine (C=N–C) groups is 1. The van der Waals surface area contributed by atoms with E-state index in [1.165, 1.54) is 20.0 Å². The Kier molecular flexibility index (Phi) is 8.97. The molecule has 8 nitrogen and oxygen atoms in total. The van der Waals surface area contributed by atoms with Crippen LogP contribution in [-0.4, -0.2) is 86.8 Å². The van der Waals surface area contributed by atoms with E-state index in [0.29, 0.717) is 56.6 Å². The highest BCUT2D eigenvalue weighted by molar-refractivity contribution is 7.23. The van der Waals surface area contributed by atoms with Crippen molar-refractivity contribution in [1.29, 1.82) is 5.26 Å². The van der Waals surface area contributed by atoms with Crippen LogP contribution in [-0.2, 0) is 9.47 Å². The zero-order valence-electron chi connectivity index (χ0n) is 24.9. The van der Waals surface area contributed by atoms with Crippen LogP contribution in [0.4, 0.5) is 31.3 Å². The van der Waals surface area contributed by atoms with Crippen molar-refractivity contribution in [2.75, 3.05) is 52.2 Å². The number of benzene rings is 1. The van der Waals surface area contributed by atoms with E-state index < -0.39 is 41.2 Å². The number of nitriles is 1. The SMILES string of the molecule is COC1=NC2C(F)=C(c3ccc(F)c4sc(N)c(C#N)c34)C(C(F)(F)F)=CC2=C(N2CCCOCC2)N1.FC1CC2CCCN2C1. The molecule has 3 saturated heterocycles. The van der Waals surface area contributed by atoms with Crippen molar-refractivity contribution in [3.63, 3.8) is 0 Å². The normalized spacial score (nSPS) is 25.2. The predicted molar refractivity (Wildman–Crippen MR) is 163 cm³/mol. The van der Waals surface area contributed by atoms with Gasteiger partial charge in [-0.05, 0) is 49.9 Å². The van der Waals surface area contributed by atoms with E-state index in [4.69, 9.17) is 15.2 Å². The van der Waals surface area contributed by atoms with Crippen LogP contribution in [0, 0.1) is 17.1 Å². The number of allylic oxidation sites excluding steroid dienone is 2. The number of fused-ring (bicyclic) bond motifs is 3. The van der Waals surface area contributed by atoms with Gasteiger partial charge in [0.05, 0.1) is 29.6 Å². The van der Waals surface area contributed by atoms with Crippen LogP contribution >= 0.6 is 11.3 Å². The molecule has 2 aromatic rings. The highest BCUT2D eigenvalue weighted by Crippen LogP contribution is 2.49. The van der Waals surface area contributed by atoms with Gasteiger partial charge in [0.15, 0.2) is 0 Å². The van der Waals surface area contributed by atoms with Crippen molar-refractivity contribution in [2.24, 2.45) is 4.99 Å². The maximum atomic E-state index is 16.3. The minimum Gasteiger partial charge on any atom is -0.468 e. The highest BCUT2D eigenvalue weighted by atomic mass is 32.1. The van der Waals surface area contributed by atoms with Gasteiger partial charge < -0.3 is 20.1 Å². The molecule has 7 rings (SSSR count). The van der Waals surface area contributed by atoms with Gasteiger partial charge in [-0.25, -0.2) is 18.2 Å². The summed E-state index contributed by atoms with van der Waals surface area (Å²) >= 11 is 0.715. The largest absolute Gasteiger partial charge is 0.468 e. The van der Waals surface area contributed by atoms with Gasteiger partial charge in [-0.2, -0.15) is 18.4 Å². The summed E-state index contributed by atoms with van der Waals surface area (Å²) in [6.45, 7) is 3.51. The van der Waals surface area contributed by atoms with Crippen LogP contribution in [0.25, 0.3) is 15.7 Å². The number of anilines is 1. The molecule has 0 radical (unpaired) electrons. The number of alkyl halides is 4. The van der Waals surface area contributed by atoms with Crippen molar-refractivity contribution >= 4 is 38.0 Å². The minimum atomic E-state index is -4.99. The molecule has 3 atom stereocenters. The molecule has 15 heteroatoms. The fourth-order valence-electron chi connectivity index (χ4n) is 6.72. The molecule has 5 aliphatic rings. The molecule has 0 spiro atoms. The molecule has 4 aliphatic heterocycles. The van der Waals surface area contributed by atoms with Gasteiger partial charge in [0, 0.05) is 48.8 Å². The predicted octanol–water partition coefficient (Wildman–Crippen LogP) is 5.78. The van der Waals surface area contributed by atoms with E-state index in [1.54, 1.807) is 4.90 Å². The molecule has 3 unspecified atom stereocenters. The van der Waals surface area contributed by atoms with Crippen LogP contribution in [0.3, 0.4) is 0 Å². The topological polar surface area (TPSA) is 99.1 Å². The molecule has 5 heterocycles. The number of methoxy groups -OCH3 is 1. The molecule has 246 valence electrons. The second kappa shape index (κ2) is 12.8. The molecule has 0 amide bonds. The van der Waals surface area contributed by atoms with Crippen molar-refractivity contribution in [1.82, 2.24) is 15.1 Å². The molecule has 3 fully saturated rings. The molecule has 3 N–H and O–H groups in total. The quantitative estimate of drug-likeness (QED) is 0.393.